The van der Waals surface area contributed by atoms with E-state index in [9.17, 15) is 4.79 Å². The van der Waals surface area contributed by atoms with Crippen molar-refractivity contribution < 1.29 is 9.53 Å². The number of rotatable bonds is 3. The molecule has 1 atom stereocenters. The Kier molecular flexibility index (Phi) is 3.98. The molecule has 0 radical (unpaired) electrons. The Labute approximate surface area is 102 Å². The van der Waals surface area contributed by atoms with Crippen molar-refractivity contribution in [2.45, 2.75) is 12.5 Å². The molecule has 4 heteroatoms. The Hall–Kier alpha value is -1.55. The van der Waals surface area contributed by atoms with Crippen LogP contribution in [0, 0.1) is 0 Å². The number of piperazine rings is 1. The molecule has 1 aliphatic rings. The lowest BCUT2D eigenvalue weighted by atomic mass is 10.1. The molecule has 0 amide bonds. The largest absolute Gasteiger partial charge is 0.469 e. The van der Waals surface area contributed by atoms with E-state index in [0.29, 0.717) is 6.42 Å². The minimum absolute atomic E-state index is 0.153. The highest BCUT2D eigenvalue weighted by atomic mass is 16.5. The monoisotopic (exact) mass is 234 g/mol. The maximum Gasteiger partial charge on any atom is 0.307 e. The van der Waals surface area contributed by atoms with Gasteiger partial charge >= 0.3 is 5.97 Å². The molecule has 1 aromatic carbocycles. The predicted octanol–water partition coefficient (Wildman–Crippen LogP) is 1.03. The van der Waals surface area contributed by atoms with Crippen LogP contribution in [0.3, 0.4) is 0 Å². The molecule has 1 aliphatic heterocycles. The van der Waals surface area contributed by atoms with Gasteiger partial charge in [0.15, 0.2) is 0 Å². The fourth-order valence-corrected chi connectivity index (χ4v) is 2.18. The highest BCUT2D eigenvalue weighted by molar-refractivity contribution is 5.71. The van der Waals surface area contributed by atoms with Gasteiger partial charge in [0.25, 0.3) is 0 Å². The molecule has 17 heavy (non-hydrogen) atoms. The van der Waals surface area contributed by atoms with E-state index in [2.05, 4.69) is 22.3 Å². The summed E-state index contributed by atoms with van der Waals surface area (Å²) in [4.78, 5) is 13.7. The normalized spacial score (nSPS) is 20.1. The fourth-order valence-electron chi connectivity index (χ4n) is 2.18. The topological polar surface area (TPSA) is 41.6 Å². The Balaban J connectivity index is 2.09. The van der Waals surface area contributed by atoms with Crippen molar-refractivity contribution >= 4 is 11.7 Å². The minimum atomic E-state index is -0.153. The molecule has 0 spiro atoms. The lowest BCUT2D eigenvalue weighted by Crippen LogP contribution is -2.52. The summed E-state index contributed by atoms with van der Waals surface area (Å²) in [6.07, 6.45) is 0.429. The van der Waals surface area contributed by atoms with E-state index < -0.39 is 0 Å². The first kappa shape index (κ1) is 11.9. The summed E-state index contributed by atoms with van der Waals surface area (Å²) in [7, 11) is 1.44. The number of para-hydroxylation sites is 1. The van der Waals surface area contributed by atoms with E-state index in [4.69, 9.17) is 4.74 Å². The SMILES string of the molecule is COC(=O)CC1CNCCN1c1ccccc1. The van der Waals surface area contributed by atoms with Crippen LogP contribution in [-0.4, -0.2) is 38.8 Å². The summed E-state index contributed by atoms with van der Waals surface area (Å²) >= 11 is 0. The number of anilines is 1. The number of benzene rings is 1. The van der Waals surface area contributed by atoms with Crippen LogP contribution >= 0.6 is 0 Å². The zero-order chi connectivity index (χ0) is 12.1. The van der Waals surface area contributed by atoms with Gasteiger partial charge in [0.2, 0.25) is 0 Å². The molecule has 0 aliphatic carbocycles. The van der Waals surface area contributed by atoms with Crippen LogP contribution in [-0.2, 0) is 9.53 Å². The van der Waals surface area contributed by atoms with Crippen LogP contribution in [0.1, 0.15) is 6.42 Å². The number of hydrogen-bond donors (Lipinski definition) is 1. The van der Waals surface area contributed by atoms with Crippen LogP contribution < -0.4 is 10.2 Å². The maximum atomic E-state index is 11.4. The van der Waals surface area contributed by atoms with E-state index in [0.717, 1.165) is 19.6 Å². The summed E-state index contributed by atoms with van der Waals surface area (Å²) < 4.78 is 4.74. The second-order valence-electron chi connectivity index (χ2n) is 4.17. The third-order valence-corrected chi connectivity index (χ3v) is 3.07. The first-order valence-corrected chi connectivity index (χ1v) is 5.90. The standard InChI is InChI=1S/C13H18N2O2/c1-17-13(16)9-12-10-14-7-8-15(12)11-5-3-2-4-6-11/h2-6,12,14H,7-10H2,1H3. The second-order valence-corrected chi connectivity index (χ2v) is 4.17. The molecule has 0 saturated carbocycles. The van der Waals surface area contributed by atoms with Crippen LogP contribution in [0.2, 0.25) is 0 Å². The highest BCUT2D eigenvalue weighted by Gasteiger charge is 2.24. The number of hydrogen-bond acceptors (Lipinski definition) is 4. The van der Waals surface area contributed by atoms with Crippen molar-refractivity contribution in [1.29, 1.82) is 0 Å². The van der Waals surface area contributed by atoms with E-state index in [-0.39, 0.29) is 12.0 Å². The maximum absolute atomic E-state index is 11.4. The first-order valence-electron chi connectivity index (χ1n) is 5.90. The number of carbonyl (C=O) groups excluding carboxylic acids is 1. The molecule has 1 unspecified atom stereocenters. The minimum Gasteiger partial charge on any atom is -0.469 e. The number of esters is 1. The third kappa shape index (κ3) is 2.97. The van der Waals surface area contributed by atoms with Crippen molar-refractivity contribution in [2.75, 3.05) is 31.6 Å². The zero-order valence-corrected chi connectivity index (χ0v) is 10.1. The van der Waals surface area contributed by atoms with Crippen LogP contribution in [0.25, 0.3) is 0 Å². The van der Waals surface area contributed by atoms with Crippen molar-refractivity contribution in [1.82, 2.24) is 5.32 Å². The van der Waals surface area contributed by atoms with Gasteiger partial charge in [0.1, 0.15) is 0 Å². The summed E-state index contributed by atoms with van der Waals surface area (Å²) in [6.45, 7) is 2.70. The van der Waals surface area contributed by atoms with Gasteiger partial charge < -0.3 is 15.0 Å². The molecular weight excluding hydrogens is 216 g/mol. The number of nitrogens with one attached hydrogen (secondary N) is 1. The van der Waals surface area contributed by atoms with Crippen molar-refractivity contribution in [3.8, 4) is 0 Å². The number of ether oxygens (including phenoxy) is 1. The highest BCUT2D eigenvalue weighted by Crippen LogP contribution is 2.19. The van der Waals surface area contributed by atoms with Gasteiger partial charge in [0.05, 0.1) is 19.6 Å². The van der Waals surface area contributed by atoms with Gasteiger partial charge in [-0.25, -0.2) is 0 Å². The molecule has 1 aromatic rings. The van der Waals surface area contributed by atoms with E-state index in [1.54, 1.807) is 0 Å². The first-order chi connectivity index (χ1) is 8.31. The lowest BCUT2D eigenvalue weighted by Gasteiger charge is -2.37. The number of nitrogens with zero attached hydrogens (tertiary/aromatic N) is 1. The summed E-state index contributed by atoms with van der Waals surface area (Å²) in [5.41, 5.74) is 1.17. The van der Waals surface area contributed by atoms with Gasteiger partial charge in [-0.05, 0) is 12.1 Å². The summed E-state index contributed by atoms with van der Waals surface area (Å²) in [5.74, 6) is -0.153. The van der Waals surface area contributed by atoms with E-state index >= 15 is 0 Å². The number of carbonyl (C=O) groups is 1. The molecule has 0 bridgehead atoms. The lowest BCUT2D eigenvalue weighted by molar-refractivity contribution is -0.141. The molecule has 0 aromatic heterocycles. The summed E-state index contributed by atoms with van der Waals surface area (Å²) in [5, 5.41) is 3.31. The smallest absolute Gasteiger partial charge is 0.307 e. The van der Waals surface area contributed by atoms with Gasteiger partial charge in [-0.15, -0.1) is 0 Å². The van der Waals surface area contributed by atoms with E-state index in [1.807, 2.05) is 18.2 Å². The molecule has 1 saturated heterocycles. The molecule has 2 rings (SSSR count). The Morgan fingerprint density at radius 3 is 2.94 bits per heavy atom. The molecule has 92 valence electrons. The van der Waals surface area contributed by atoms with Crippen molar-refractivity contribution in [3.05, 3.63) is 30.3 Å². The van der Waals surface area contributed by atoms with E-state index in [1.165, 1.54) is 12.8 Å². The van der Waals surface area contributed by atoms with Gasteiger partial charge in [-0.1, -0.05) is 18.2 Å². The molecule has 1 heterocycles. The predicted molar refractivity (Wildman–Crippen MR) is 67.1 cm³/mol. The summed E-state index contributed by atoms with van der Waals surface area (Å²) in [6, 6.07) is 10.4. The fraction of sp³-hybridized carbons (Fsp3) is 0.462. The average molecular weight is 234 g/mol. The third-order valence-electron chi connectivity index (χ3n) is 3.07. The van der Waals surface area contributed by atoms with Crippen LogP contribution in [0.15, 0.2) is 30.3 Å². The zero-order valence-electron chi connectivity index (χ0n) is 10.1. The molecular formula is C13H18N2O2. The molecule has 1 fully saturated rings. The van der Waals surface area contributed by atoms with Crippen molar-refractivity contribution in [3.63, 3.8) is 0 Å². The molecule has 4 nitrogen and oxygen atoms in total. The van der Waals surface area contributed by atoms with Crippen LogP contribution in [0.4, 0.5) is 5.69 Å². The Morgan fingerprint density at radius 1 is 1.47 bits per heavy atom. The van der Waals surface area contributed by atoms with Gasteiger partial charge in [-0.2, -0.15) is 0 Å². The Morgan fingerprint density at radius 2 is 2.24 bits per heavy atom. The average Bonchev–Trinajstić information content (AvgIpc) is 2.40. The van der Waals surface area contributed by atoms with Crippen LogP contribution in [0.5, 0.6) is 0 Å². The number of methoxy groups -OCH3 is 1. The molecule has 1 N–H and O–H groups in total. The van der Waals surface area contributed by atoms with Gasteiger partial charge in [-0.3, -0.25) is 4.79 Å². The second kappa shape index (κ2) is 5.68. The quantitative estimate of drug-likeness (QED) is 0.793. The Bertz CT molecular complexity index is 367. The van der Waals surface area contributed by atoms with Crippen molar-refractivity contribution in [2.24, 2.45) is 0 Å². The van der Waals surface area contributed by atoms with Gasteiger partial charge in [0, 0.05) is 25.3 Å².